The first kappa shape index (κ1) is 13.7. The molecule has 1 aromatic heterocycles. The fraction of sp³-hybridized carbons (Fsp3) is 0.111. The van der Waals surface area contributed by atoms with Crippen LogP contribution in [-0.2, 0) is 16.6 Å². The zero-order chi connectivity index (χ0) is 20.5. The van der Waals surface area contributed by atoms with Crippen LogP contribution in [0.3, 0.4) is 0 Å². The highest BCUT2D eigenvalue weighted by Gasteiger charge is 2.23. The molecule has 0 atom stereocenters. The second-order valence-electron chi connectivity index (χ2n) is 5.32. The maximum Gasteiger partial charge on any atom is 0.268 e. The largest absolute Gasteiger partial charge is 0.316 e. The number of rotatable bonds is 5. The highest BCUT2D eigenvalue weighted by atomic mass is 32.2. The molecule has 1 N–H and O–H groups in total. The number of aromatic nitrogens is 1. The Balaban J connectivity index is 2.14. The van der Waals surface area contributed by atoms with Gasteiger partial charge in [-0.25, -0.2) is 21.2 Å². The molecule has 0 aliphatic rings. The molecule has 3 aromatic rings. The van der Waals surface area contributed by atoms with Crippen molar-refractivity contribution < 1.29 is 21.3 Å². The van der Waals surface area contributed by atoms with Crippen LogP contribution >= 0.6 is 0 Å². The van der Waals surface area contributed by atoms with E-state index in [2.05, 4.69) is 5.32 Å². The van der Waals surface area contributed by atoms with E-state index in [1.165, 1.54) is 30.5 Å². The molecule has 0 bridgehead atoms. The molecule has 1 heterocycles. The summed E-state index contributed by atoms with van der Waals surface area (Å²) in [5.74, 6) is -1.23. The van der Waals surface area contributed by atoms with E-state index in [-0.39, 0.29) is 22.7 Å². The Morgan fingerprint density at radius 3 is 2.52 bits per heavy atom. The minimum atomic E-state index is -4.17. The molecule has 4 nitrogen and oxygen atoms in total. The van der Waals surface area contributed by atoms with Crippen LogP contribution in [-0.4, -0.2) is 19.4 Å². The number of benzene rings is 2. The first-order valence-corrected chi connectivity index (χ1v) is 8.74. The predicted molar refractivity (Wildman–Crippen MR) is 91.6 cm³/mol. The van der Waals surface area contributed by atoms with Crippen molar-refractivity contribution in [3.05, 3.63) is 78.0 Å². The summed E-state index contributed by atoms with van der Waals surface area (Å²) >= 11 is 0. The molecule has 0 radical (unpaired) electrons. The van der Waals surface area contributed by atoms with Gasteiger partial charge >= 0.3 is 0 Å². The summed E-state index contributed by atoms with van der Waals surface area (Å²) in [5.41, 5.74) is 0.401. The Bertz CT molecular complexity index is 1090. The molecular formula is C18H16F2N2O2S. The lowest BCUT2D eigenvalue weighted by Gasteiger charge is -2.11. The quantitative estimate of drug-likeness (QED) is 0.754. The van der Waals surface area contributed by atoms with Crippen LogP contribution in [0.2, 0.25) is 0 Å². The van der Waals surface area contributed by atoms with Gasteiger partial charge in [0.05, 0.1) is 10.6 Å². The van der Waals surface area contributed by atoms with E-state index in [0.29, 0.717) is 5.56 Å². The van der Waals surface area contributed by atoms with Gasteiger partial charge in [0, 0.05) is 22.4 Å². The molecular weight excluding hydrogens is 346 g/mol. The van der Waals surface area contributed by atoms with E-state index < -0.39 is 28.6 Å². The maximum absolute atomic E-state index is 14.3. The molecule has 7 heteroatoms. The van der Waals surface area contributed by atoms with Crippen LogP contribution in [0.25, 0.3) is 11.3 Å². The summed E-state index contributed by atoms with van der Waals surface area (Å²) in [4.78, 5) is -0.183. The van der Waals surface area contributed by atoms with Gasteiger partial charge < -0.3 is 5.32 Å². The van der Waals surface area contributed by atoms with Gasteiger partial charge in [-0.15, -0.1) is 0 Å². The minimum Gasteiger partial charge on any atom is -0.316 e. The molecule has 0 saturated carbocycles. The van der Waals surface area contributed by atoms with Crippen molar-refractivity contribution in [3.63, 3.8) is 0 Å². The lowest BCUT2D eigenvalue weighted by molar-refractivity contribution is 0.586. The van der Waals surface area contributed by atoms with Gasteiger partial charge in [-0.05, 0) is 55.0 Å². The summed E-state index contributed by atoms with van der Waals surface area (Å²) in [6.07, 6.45) is 1.22. The van der Waals surface area contributed by atoms with Crippen molar-refractivity contribution in [1.29, 1.82) is 0 Å². The van der Waals surface area contributed by atoms with Gasteiger partial charge in [0.2, 0.25) is 0 Å². The Labute approximate surface area is 149 Å². The Morgan fingerprint density at radius 1 is 1.12 bits per heavy atom. The van der Waals surface area contributed by atoms with E-state index >= 15 is 0 Å². The van der Waals surface area contributed by atoms with Crippen molar-refractivity contribution in [2.75, 3.05) is 6.98 Å². The number of halogens is 2. The third-order valence-corrected chi connectivity index (χ3v) is 5.34. The summed E-state index contributed by atoms with van der Waals surface area (Å²) in [6.45, 7) is -2.57. The third-order valence-electron chi connectivity index (χ3n) is 3.66. The van der Waals surface area contributed by atoms with Crippen molar-refractivity contribution >= 4 is 10.0 Å². The predicted octanol–water partition coefficient (Wildman–Crippen LogP) is 3.39. The average molecular weight is 365 g/mol. The monoisotopic (exact) mass is 365 g/mol. The lowest BCUT2D eigenvalue weighted by Crippen LogP contribution is -2.14. The zero-order valence-corrected chi connectivity index (χ0v) is 13.7. The fourth-order valence-corrected chi connectivity index (χ4v) is 3.87. The smallest absolute Gasteiger partial charge is 0.268 e. The summed E-state index contributed by atoms with van der Waals surface area (Å²) in [6, 6.07) is 11.3. The first-order chi connectivity index (χ1) is 13.1. The molecule has 0 spiro atoms. The Hall–Kier alpha value is -2.51. The molecule has 0 saturated heterocycles. The van der Waals surface area contributed by atoms with E-state index in [1.807, 2.05) is 0 Å². The standard InChI is InChI=1S/C18H16F2N2O2S/c1-21-11-13-10-18(16-4-2-3-5-17(16)20)22(12-13)25(23,24)15-8-6-14(19)7-9-15/h2-10,12,21H,11H2,1H3/i1D3. The summed E-state index contributed by atoms with van der Waals surface area (Å²) < 4.78 is 76.1. The minimum absolute atomic E-state index is 0.0322. The Morgan fingerprint density at radius 2 is 1.84 bits per heavy atom. The number of hydrogen-bond acceptors (Lipinski definition) is 3. The van der Waals surface area contributed by atoms with Crippen LogP contribution in [0.5, 0.6) is 0 Å². The Kier molecular flexibility index (Phi) is 3.73. The van der Waals surface area contributed by atoms with Crippen LogP contribution in [0.1, 0.15) is 9.68 Å². The molecule has 0 fully saturated rings. The van der Waals surface area contributed by atoms with Gasteiger partial charge in [-0.3, -0.25) is 0 Å². The molecule has 3 rings (SSSR count). The highest BCUT2D eigenvalue weighted by Crippen LogP contribution is 2.29. The molecule has 0 unspecified atom stereocenters. The molecule has 25 heavy (non-hydrogen) atoms. The zero-order valence-electron chi connectivity index (χ0n) is 15.9. The fourth-order valence-electron chi connectivity index (χ4n) is 2.48. The van der Waals surface area contributed by atoms with Crippen LogP contribution in [0.15, 0.2) is 65.7 Å². The number of nitrogens with zero attached hydrogens (tertiary/aromatic N) is 1. The second-order valence-corrected chi connectivity index (χ2v) is 7.14. The van der Waals surface area contributed by atoms with E-state index in [9.17, 15) is 17.2 Å². The average Bonchev–Trinajstić information content (AvgIpc) is 3.05. The molecule has 2 aromatic carbocycles. The van der Waals surface area contributed by atoms with Crippen LogP contribution in [0, 0.1) is 11.6 Å². The van der Waals surface area contributed by atoms with Gasteiger partial charge in [0.15, 0.2) is 0 Å². The SMILES string of the molecule is [2H]C([2H])([2H])NCc1cc(-c2ccccc2F)n(S(=O)(=O)c2ccc(F)cc2)c1. The lowest BCUT2D eigenvalue weighted by atomic mass is 10.1. The third kappa shape index (κ3) is 3.33. The van der Waals surface area contributed by atoms with Crippen molar-refractivity contribution in [2.45, 2.75) is 11.4 Å². The van der Waals surface area contributed by atoms with Gasteiger partial charge in [0.25, 0.3) is 10.0 Å². The van der Waals surface area contributed by atoms with Crippen molar-refractivity contribution in [2.24, 2.45) is 0 Å². The topological polar surface area (TPSA) is 51.1 Å². The van der Waals surface area contributed by atoms with Crippen molar-refractivity contribution in [1.82, 2.24) is 9.29 Å². The van der Waals surface area contributed by atoms with Gasteiger partial charge in [-0.1, -0.05) is 12.1 Å². The molecule has 0 aliphatic heterocycles. The first-order valence-electron chi connectivity index (χ1n) is 8.80. The number of nitrogens with one attached hydrogen (secondary N) is 1. The molecule has 130 valence electrons. The second kappa shape index (κ2) is 6.78. The van der Waals surface area contributed by atoms with E-state index in [0.717, 1.165) is 28.2 Å². The molecule has 0 aliphatic carbocycles. The molecule has 0 amide bonds. The summed E-state index contributed by atoms with van der Waals surface area (Å²) in [5, 5.41) is 2.29. The van der Waals surface area contributed by atoms with E-state index in [1.54, 1.807) is 6.07 Å². The normalized spacial score (nSPS) is 13.9. The van der Waals surface area contributed by atoms with E-state index in [4.69, 9.17) is 4.11 Å². The maximum atomic E-state index is 14.3. The van der Waals surface area contributed by atoms with Crippen LogP contribution in [0.4, 0.5) is 8.78 Å². The van der Waals surface area contributed by atoms with Crippen LogP contribution < -0.4 is 5.32 Å². The summed E-state index contributed by atoms with van der Waals surface area (Å²) in [7, 11) is -4.17. The highest BCUT2D eigenvalue weighted by molar-refractivity contribution is 7.90. The van der Waals surface area contributed by atoms with Gasteiger partial charge in [0.1, 0.15) is 11.6 Å². The number of hydrogen-bond donors (Lipinski definition) is 1. The van der Waals surface area contributed by atoms with Gasteiger partial charge in [-0.2, -0.15) is 0 Å². The van der Waals surface area contributed by atoms with Crippen molar-refractivity contribution in [3.8, 4) is 11.3 Å².